The van der Waals surface area contributed by atoms with Gasteiger partial charge in [0, 0.05) is 5.92 Å². The van der Waals surface area contributed by atoms with Crippen molar-refractivity contribution in [1.82, 2.24) is 0 Å². The topological polar surface area (TPSA) is 9.23 Å². The van der Waals surface area contributed by atoms with Crippen LogP contribution >= 0.6 is 0 Å². The Balaban J connectivity index is 2.10. The van der Waals surface area contributed by atoms with E-state index in [1.165, 1.54) is 18.4 Å². The van der Waals surface area contributed by atoms with Crippen LogP contribution in [0, 0.1) is 5.92 Å². The first-order chi connectivity index (χ1) is 5.75. The lowest BCUT2D eigenvalue weighted by Gasteiger charge is -2.34. The molecule has 0 aromatic rings. The zero-order valence-electron chi connectivity index (χ0n) is 7.79. The van der Waals surface area contributed by atoms with Gasteiger partial charge in [-0.25, -0.2) is 0 Å². The third kappa shape index (κ3) is 1.46. The molecule has 0 amide bonds. The molecule has 2 aliphatic rings. The van der Waals surface area contributed by atoms with Crippen molar-refractivity contribution in [1.29, 1.82) is 0 Å². The van der Waals surface area contributed by atoms with Gasteiger partial charge in [0.25, 0.3) is 0 Å². The summed E-state index contributed by atoms with van der Waals surface area (Å²) in [5.41, 5.74) is 1.38. The summed E-state index contributed by atoms with van der Waals surface area (Å²) in [4.78, 5) is 0. The minimum absolute atomic E-state index is 0.359. The zero-order valence-corrected chi connectivity index (χ0v) is 7.79. The minimum Gasteiger partial charge on any atom is -0.371 e. The van der Waals surface area contributed by atoms with Crippen molar-refractivity contribution >= 4 is 0 Å². The Morgan fingerprint density at radius 1 is 1.42 bits per heavy atom. The minimum atomic E-state index is 0.359. The smallest absolute Gasteiger partial charge is 0.0825 e. The summed E-state index contributed by atoms with van der Waals surface area (Å²) in [7, 11) is 0. The highest BCUT2D eigenvalue weighted by molar-refractivity contribution is 5.25. The number of fused-ring (bicyclic) bond motifs is 1. The van der Waals surface area contributed by atoms with E-state index in [9.17, 15) is 0 Å². The molecule has 0 aromatic carbocycles. The number of hydrogen-bond acceptors (Lipinski definition) is 1. The van der Waals surface area contributed by atoms with Crippen LogP contribution in [0.1, 0.15) is 26.7 Å². The first-order valence-corrected chi connectivity index (χ1v) is 4.78. The van der Waals surface area contributed by atoms with Gasteiger partial charge in [-0.05, 0) is 26.7 Å². The molecule has 1 saturated heterocycles. The molecular formula is C11H16O. The molecule has 0 radical (unpaired) electrons. The molecule has 0 spiro atoms. The monoisotopic (exact) mass is 164 g/mol. The molecule has 12 heavy (non-hydrogen) atoms. The third-order valence-corrected chi connectivity index (χ3v) is 2.74. The SMILES string of the molecule is CC1=CC2CCC(C)OC2C=C1. The fourth-order valence-corrected chi connectivity index (χ4v) is 2.03. The van der Waals surface area contributed by atoms with Crippen LogP contribution in [0.4, 0.5) is 0 Å². The first kappa shape index (κ1) is 8.06. The van der Waals surface area contributed by atoms with Gasteiger partial charge in [-0.15, -0.1) is 0 Å². The van der Waals surface area contributed by atoms with E-state index >= 15 is 0 Å². The molecule has 1 heterocycles. The molecule has 1 heteroatoms. The van der Waals surface area contributed by atoms with E-state index < -0.39 is 0 Å². The van der Waals surface area contributed by atoms with Gasteiger partial charge >= 0.3 is 0 Å². The van der Waals surface area contributed by atoms with Crippen molar-refractivity contribution in [2.75, 3.05) is 0 Å². The second kappa shape index (κ2) is 3.06. The highest BCUT2D eigenvalue weighted by Crippen LogP contribution is 2.30. The molecular weight excluding hydrogens is 148 g/mol. The standard InChI is InChI=1S/C11H16O/c1-8-3-6-11-10(7-8)5-4-9(2)12-11/h3,6-7,9-11H,4-5H2,1-2H3. The van der Waals surface area contributed by atoms with Crippen LogP contribution in [0.25, 0.3) is 0 Å². The molecule has 1 aliphatic heterocycles. The van der Waals surface area contributed by atoms with E-state index in [1.54, 1.807) is 0 Å². The molecule has 0 saturated carbocycles. The number of rotatable bonds is 0. The summed E-state index contributed by atoms with van der Waals surface area (Å²) in [6.45, 7) is 4.32. The van der Waals surface area contributed by atoms with Crippen LogP contribution < -0.4 is 0 Å². The molecule has 1 fully saturated rings. The first-order valence-electron chi connectivity index (χ1n) is 4.78. The molecule has 3 atom stereocenters. The van der Waals surface area contributed by atoms with Crippen molar-refractivity contribution in [3.63, 3.8) is 0 Å². The summed E-state index contributed by atoms with van der Waals surface area (Å²) in [5.74, 6) is 0.645. The molecule has 1 aliphatic carbocycles. The highest BCUT2D eigenvalue weighted by atomic mass is 16.5. The van der Waals surface area contributed by atoms with Gasteiger partial charge in [0.15, 0.2) is 0 Å². The average Bonchev–Trinajstić information content (AvgIpc) is 2.05. The fourth-order valence-electron chi connectivity index (χ4n) is 2.03. The van der Waals surface area contributed by atoms with Crippen LogP contribution in [0.15, 0.2) is 23.8 Å². The van der Waals surface area contributed by atoms with Gasteiger partial charge < -0.3 is 4.74 Å². The summed E-state index contributed by atoms with van der Waals surface area (Å²) in [6.07, 6.45) is 10.0. The fraction of sp³-hybridized carbons (Fsp3) is 0.636. The van der Waals surface area contributed by atoms with E-state index in [4.69, 9.17) is 4.74 Å². The summed E-state index contributed by atoms with van der Waals surface area (Å²) in [5, 5.41) is 0. The molecule has 0 aromatic heterocycles. The van der Waals surface area contributed by atoms with E-state index in [1.807, 2.05) is 0 Å². The Morgan fingerprint density at radius 2 is 2.25 bits per heavy atom. The van der Waals surface area contributed by atoms with E-state index in [-0.39, 0.29) is 0 Å². The Hall–Kier alpha value is -0.560. The number of ether oxygens (including phenoxy) is 1. The van der Waals surface area contributed by atoms with Crippen LogP contribution in [0.3, 0.4) is 0 Å². The number of allylic oxidation sites excluding steroid dienone is 2. The van der Waals surface area contributed by atoms with Gasteiger partial charge in [-0.2, -0.15) is 0 Å². The Morgan fingerprint density at radius 3 is 3.08 bits per heavy atom. The lowest BCUT2D eigenvalue weighted by atomic mass is 9.87. The Bertz CT molecular complexity index is 227. The largest absolute Gasteiger partial charge is 0.371 e. The molecule has 1 nitrogen and oxygen atoms in total. The zero-order chi connectivity index (χ0) is 8.55. The Kier molecular flexibility index (Phi) is 2.05. The van der Waals surface area contributed by atoms with Gasteiger partial charge in [0.05, 0.1) is 12.2 Å². The molecule has 2 rings (SSSR count). The summed E-state index contributed by atoms with van der Waals surface area (Å²) in [6, 6.07) is 0. The van der Waals surface area contributed by atoms with Crippen molar-refractivity contribution in [2.45, 2.75) is 38.9 Å². The highest BCUT2D eigenvalue weighted by Gasteiger charge is 2.27. The van der Waals surface area contributed by atoms with Crippen LogP contribution in [0.5, 0.6) is 0 Å². The van der Waals surface area contributed by atoms with E-state index in [0.717, 1.165) is 0 Å². The van der Waals surface area contributed by atoms with Crippen LogP contribution in [0.2, 0.25) is 0 Å². The predicted molar refractivity (Wildman–Crippen MR) is 50.0 cm³/mol. The van der Waals surface area contributed by atoms with Gasteiger partial charge in [-0.3, -0.25) is 0 Å². The maximum absolute atomic E-state index is 5.81. The molecule has 0 bridgehead atoms. The molecule has 66 valence electrons. The lowest BCUT2D eigenvalue weighted by Crippen LogP contribution is -2.32. The number of hydrogen-bond donors (Lipinski definition) is 0. The maximum atomic E-state index is 5.81. The molecule has 3 unspecified atom stereocenters. The summed E-state index contributed by atoms with van der Waals surface area (Å²) < 4.78 is 5.81. The third-order valence-electron chi connectivity index (χ3n) is 2.74. The van der Waals surface area contributed by atoms with Crippen molar-refractivity contribution in [3.8, 4) is 0 Å². The second-order valence-corrected chi connectivity index (χ2v) is 3.92. The van der Waals surface area contributed by atoms with Gasteiger partial charge in [-0.1, -0.05) is 23.8 Å². The maximum Gasteiger partial charge on any atom is 0.0825 e. The van der Waals surface area contributed by atoms with Crippen molar-refractivity contribution in [3.05, 3.63) is 23.8 Å². The Labute approximate surface area is 74.1 Å². The normalized spacial score (nSPS) is 40.5. The van der Waals surface area contributed by atoms with Crippen molar-refractivity contribution < 1.29 is 4.74 Å². The van der Waals surface area contributed by atoms with E-state index in [2.05, 4.69) is 32.1 Å². The van der Waals surface area contributed by atoms with Crippen LogP contribution in [-0.4, -0.2) is 12.2 Å². The second-order valence-electron chi connectivity index (χ2n) is 3.92. The summed E-state index contributed by atoms with van der Waals surface area (Å²) >= 11 is 0. The predicted octanol–water partition coefficient (Wildman–Crippen LogP) is 2.69. The molecule has 0 N–H and O–H groups in total. The average molecular weight is 164 g/mol. The van der Waals surface area contributed by atoms with Gasteiger partial charge in [0.2, 0.25) is 0 Å². The van der Waals surface area contributed by atoms with Crippen LogP contribution in [-0.2, 0) is 4.74 Å². The van der Waals surface area contributed by atoms with Gasteiger partial charge in [0.1, 0.15) is 0 Å². The van der Waals surface area contributed by atoms with E-state index in [0.29, 0.717) is 18.1 Å². The van der Waals surface area contributed by atoms with Crippen molar-refractivity contribution in [2.24, 2.45) is 5.92 Å². The quantitative estimate of drug-likeness (QED) is 0.535. The lowest BCUT2D eigenvalue weighted by molar-refractivity contribution is -0.0373.